The quantitative estimate of drug-likeness (QED) is 0.772. The minimum Gasteiger partial charge on any atom is -0.481 e. The number of carbonyl (C=O) groups excluding carboxylic acids is 1. The Balaban J connectivity index is 1.51. The number of nitrogens with one attached hydrogen (secondary N) is 2. The maximum absolute atomic E-state index is 12.4. The van der Waals surface area contributed by atoms with E-state index in [9.17, 15) is 4.79 Å². The van der Waals surface area contributed by atoms with E-state index in [1.54, 1.807) is 31.5 Å². The number of halogens is 2. The number of anilines is 1. The van der Waals surface area contributed by atoms with E-state index < -0.39 is 0 Å². The van der Waals surface area contributed by atoms with Crippen LogP contribution in [0, 0.1) is 6.92 Å². The number of carbonyl (C=O) groups is 1. The smallest absolute Gasteiger partial charge is 0.251 e. The van der Waals surface area contributed by atoms with Gasteiger partial charge in [0.1, 0.15) is 0 Å². The second kappa shape index (κ2) is 8.76. The Labute approximate surface area is 168 Å². The van der Waals surface area contributed by atoms with Crippen LogP contribution in [0.4, 0.5) is 5.95 Å². The molecule has 0 unspecified atom stereocenters. The summed E-state index contributed by atoms with van der Waals surface area (Å²) in [4.78, 5) is 21.1. The molecule has 6 nitrogen and oxygen atoms in total. The molecule has 27 heavy (non-hydrogen) atoms. The van der Waals surface area contributed by atoms with E-state index in [4.69, 9.17) is 27.9 Å². The molecule has 2 N–H and O–H groups in total. The van der Waals surface area contributed by atoms with Crippen molar-refractivity contribution in [1.82, 2.24) is 15.3 Å². The fraction of sp³-hybridized carbons (Fsp3) is 0.421. The zero-order valence-electron chi connectivity index (χ0n) is 15.3. The summed E-state index contributed by atoms with van der Waals surface area (Å²) in [6, 6.07) is 5.32. The van der Waals surface area contributed by atoms with Gasteiger partial charge in [-0.2, -0.15) is 4.98 Å². The Hall–Kier alpha value is -2.05. The van der Waals surface area contributed by atoms with Crippen LogP contribution in [0.5, 0.6) is 5.88 Å². The van der Waals surface area contributed by atoms with Crippen molar-refractivity contribution in [2.75, 3.05) is 12.4 Å². The highest BCUT2D eigenvalue weighted by Crippen LogP contribution is 2.25. The van der Waals surface area contributed by atoms with Crippen molar-refractivity contribution in [3.8, 4) is 5.88 Å². The van der Waals surface area contributed by atoms with Crippen molar-refractivity contribution >= 4 is 35.1 Å². The first-order valence-corrected chi connectivity index (χ1v) is 9.62. The van der Waals surface area contributed by atoms with Gasteiger partial charge < -0.3 is 15.4 Å². The number of ether oxygens (including phenoxy) is 1. The molecule has 0 atom stereocenters. The molecule has 1 amide bonds. The third-order valence-corrected chi connectivity index (χ3v) is 5.44. The minimum atomic E-state index is -0.128. The van der Waals surface area contributed by atoms with Crippen LogP contribution < -0.4 is 15.4 Å². The predicted octanol–water partition coefficient (Wildman–Crippen LogP) is 4.25. The molecule has 0 saturated heterocycles. The maximum Gasteiger partial charge on any atom is 0.251 e. The average molecular weight is 409 g/mol. The van der Waals surface area contributed by atoms with Gasteiger partial charge in [0.05, 0.1) is 17.2 Å². The third-order valence-electron chi connectivity index (χ3n) is 4.70. The van der Waals surface area contributed by atoms with Crippen molar-refractivity contribution in [3.05, 3.63) is 45.6 Å². The monoisotopic (exact) mass is 408 g/mol. The lowest BCUT2D eigenvalue weighted by Gasteiger charge is -2.29. The number of aromatic nitrogens is 2. The van der Waals surface area contributed by atoms with Crippen molar-refractivity contribution in [2.45, 2.75) is 44.7 Å². The minimum absolute atomic E-state index is 0.128. The van der Waals surface area contributed by atoms with Gasteiger partial charge in [0.25, 0.3) is 5.91 Å². The molecule has 2 aromatic rings. The Morgan fingerprint density at radius 2 is 1.85 bits per heavy atom. The molecule has 0 radical (unpaired) electrons. The van der Waals surface area contributed by atoms with Gasteiger partial charge in [-0.3, -0.25) is 4.79 Å². The highest BCUT2D eigenvalue weighted by Gasteiger charge is 2.23. The summed E-state index contributed by atoms with van der Waals surface area (Å²) < 4.78 is 5.24. The van der Waals surface area contributed by atoms with Crippen LogP contribution >= 0.6 is 23.2 Å². The van der Waals surface area contributed by atoms with Gasteiger partial charge in [-0.1, -0.05) is 23.2 Å². The Bertz CT molecular complexity index is 823. The summed E-state index contributed by atoms with van der Waals surface area (Å²) in [7, 11) is 1.60. The molecule has 0 spiro atoms. The Morgan fingerprint density at radius 1 is 1.15 bits per heavy atom. The number of hydrogen-bond acceptors (Lipinski definition) is 5. The van der Waals surface area contributed by atoms with Gasteiger partial charge in [-0.15, -0.1) is 0 Å². The number of aryl methyl sites for hydroxylation is 1. The normalized spacial score (nSPS) is 19.4. The standard InChI is InChI=1S/C19H22Cl2N4O2/c1-11-10-22-19(25-18(11)27-2)24-14-6-4-13(5-7-14)23-17(26)12-3-8-15(20)16(21)9-12/h3,8-10,13-14H,4-7H2,1-2H3,(H,23,26)(H,22,24,25). The topological polar surface area (TPSA) is 76.1 Å². The fourth-order valence-corrected chi connectivity index (χ4v) is 3.47. The third kappa shape index (κ3) is 5.02. The van der Waals surface area contributed by atoms with Crippen molar-refractivity contribution < 1.29 is 9.53 Å². The Kier molecular flexibility index (Phi) is 6.39. The summed E-state index contributed by atoms with van der Waals surface area (Å²) >= 11 is 11.9. The molecule has 8 heteroatoms. The first-order valence-electron chi connectivity index (χ1n) is 8.86. The summed E-state index contributed by atoms with van der Waals surface area (Å²) in [6.45, 7) is 1.91. The van der Waals surface area contributed by atoms with Gasteiger partial charge >= 0.3 is 0 Å². The zero-order valence-corrected chi connectivity index (χ0v) is 16.8. The molecular weight excluding hydrogens is 387 g/mol. The summed E-state index contributed by atoms with van der Waals surface area (Å²) in [5, 5.41) is 7.25. The van der Waals surface area contributed by atoms with E-state index in [1.807, 2.05) is 6.92 Å². The van der Waals surface area contributed by atoms with Crippen LogP contribution in [-0.2, 0) is 0 Å². The molecule has 144 valence electrons. The average Bonchev–Trinajstić information content (AvgIpc) is 2.67. The summed E-state index contributed by atoms with van der Waals surface area (Å²) in [5.74, 6) is 1.02. The molecular formula is C19H22Cl2N4O2. The van der Waals surface area contributed by atoms with Crippen molar-refractivity contribution in [1.29, 1.82) is 0 Å². The van der Waals surface area contributed by atoms with Crippen LogP contribution in [0.1, 0.15) is 41.6 Å². The van der Waals surface area contributed by atoms with Crippen molar-refractivity contribution in [2.24, 2.45) is 0 Å². The van der Waals surface area contributed by atoms with E-state index in [0.717, 1.165) is 31.2 Å². The lowest BCUT2D eigenvalue weighted by molar-refractivity contribution is 0.0926. The highest BCUT2D eigenvalue weighted by atomic mass is 35.5. The molecule has 1 aromatic heterocycles. The summed E-state index contributed by atoms with van der Waals surface area (Å²) in [5.41, 5.74) is 1.42. The number of amides is 1. The molecule has 1 aliphatic carbocycles. The molecule has 3 rings (SSSR count). The highest BCUT2D eigenvalue weighted by molar-refractivity contribution is 6.42. The van der Waals surface area contributed by atoms with Crippen LogP contribution in [0.15, 0.2) is 24.4 Å². The van der Waals surface area contributed by atoms with Crippen LogP contribution in [0.3, 0.4) is 0 Å². The lowest BCUT2D eigenvalue weighted by Crippen LogP contribution is -2.40. The van der Waals surface area contributed by atoms with Gasteiger partial charge in [0.15, 0.2) is 0 Å². The number of methoxy groups -OCH3 is 1. The SMILES string of the molecule is COc1nc(NC2CCC(NC(=O)c3ccc(Cl)c(Cl)c3)CC2)ncc1C. The van der Waals surface area contributed by atoms with E-state index in [-0.39, 0.29) is 18.0 Å². The Morgan fingerprint density at radius 3 is 2.52 bits per heavy atom. The number of hydrogen-bond donors (Lipinski definition) is 2. The first-order chi connectivity index (χ1) is 13.0. The van der Waals surface area contributed by atoms with Gasteiger partial charge in [0, 0.05) is 29.4 Å². The summed E-state index contributed by atoms with van der Waals surface area (Å²) in [6.07, 6.45) is 5.36. The first kappa shape index (κ1) is 19.7. The number of rotatable bonds is 5. The van der Waals surface area contributed by atoms with E-state index in [2.05, 4.69) is 20.6 Å². The maximum atomic E-state index is 12.4. The molecule has 1 saturated carbocycles. The van der Waals surface area contributed by atoms with Crippen LogP contribution in [0.25, 0.3) is 0 Å². The van der Waals surface area contributed by atoms with E-state index in [0.29, 0.717) is 27.4 Å². The zero-order chi connectivity index (χ0) is 19.4. The lowest BCUT2D eigenvalue weighted by atomic mass is 9.91. The van der Waals surface area contributed by atoms with E-state index in [1.165, 1.54) is 0 Å². The van der Waals surface area contributed by atoms with E-state index >= 15 is 0 Å². The molecule has 1 aromatic carbocycles. The molecule has 1 aliphatic rings. The van der Waals surface area contributed by atoms with Gasteiger partial charge in [-0.05, 0) is 50.8 Å². The molecule has 0 aliphatic heterocycles. The van der Waals surface area contributed by atoms with Gasteiger partial charge in [0.2, 0.25) is 11.8 Å². The van der Waals surface area contributed by atoms with Gasteiger partial charge in [-0.25, -0.2) is 4.98 Å². The molecule has 1 fully saturated rings. The largest absolute Gasteiger partial charge is 0.481 e. The number of benzene rings is 1. The second-order valence-corrected chi connectivity index (χ2v) is 7.50. The van der Waals surface area contributed by atoms with Crippen LogP contribution in [0.2, 0.25) is 10.0 Å². The van der Waals surface area contributed by atoms with Crippen LogP contribution in [-0.4, -0.2) is 35.1 Å². The van der Waals surface area contributed by atoms with Crippen molar-refractivity contribution in [3.63, 3.8) is 0 Å². The second-order valence-electron chi connectivity index (χ2n) is 6.68. The molecule has 0 bridgehead atoms. The number of nitrogens with zero attached hydrogens (tertiary/aromatic N) is 2. The fourth-order valence-electron chi connectivity index (χ4n) is 3.17. The predicted molar refractivity (Wildman–Crippen MR) is 107 cm³/mol. The molecule has 1 heterocycles.